The molecule has 3 aromatic rings. The standard InChI is InChI=1S/C20H23N5O2S3/c1-13-17(30(26,27)14-6-4-3-5-7-14)18-21-16-15(12-29-20(16)28)19(25(18)22-13)24-10-8-23(2)9-11-24/h3-7,20,28H,8-12H2,1-2H3. The minimum absolute atomic E-state index is 0.0706. The number of piperazine rings is 1. The van der Waals surface area contributed by atoms with Crippen LogP contribution < -0.4 is 4.90 Å². The van der Waals surface area contributed by atoms with Crippen molar-refractivity contribution in [2.24, 2.45) is 0 Å². The summed E-state index contributed by atoms with van der Waals surface area (Å²) in [7, 11) is -1.63. The number of sulfone groups is 1. The predicted octanol–water partition coefficient (Wildman–Crippen LogP) is 2.80. The molecule has 1 saturated heterocycles. The molecule has 1 atom stereocenters. The first kappa shape index (κ1) is 20.2. The third-order valence-electron chi connectivity index (χ3n) is 5.73. The first-order valence-corrected chi connectivity index (χ1v) is 12.9. The van der Waals surface area contributed by atoms with Gasteiger partial charge in [-0.1, -0.05) is 18.2 Å². The summed E-state index contributed by atoms with van der Waals surface area (Å²) in [6.45, 7) is 5.38. The lowest BCUT2D eigenvalue weighted by Gasteiger charge is -2.35. The highest BCUT2D eigenvalue weighted by molar-refractivity contribution is 8.09. The zero-order chi connectivity index (χ0) is 21.0. The highest BCUT2D eigenvalue weighted by Crippen LogP contribution is 2.47. The molecule has 1 fully saturated rings. The van der Waals surface area contributed by atoms with E-state index >= 15 is 0 Å². The fourth-order valence-corrected chi connectivity index (χ4v) is 7.07. The Labute approximate surface area is 185 Å². The summed E-state index contributed by atoms with van der Waals surface area (Å²) in [5.74, 6) is 1.76. The molecule has 1 unspecified atom stereocenters. The molecule has 30 heavy (non-hydrogen) atoms. The molecule has 1 aromatic carbocycles. The van der Waals surface area contributed by atoms with Gasteiger partial charge in [0.05, 0.1) is 20.9 Å². The maximum absolute atomic E-state index is 13.5. The molecule has 4 heterocycles. The van der Waals surface area contributed by atoms with Gasteiger partial charge in [-0.2, -0.15) is 22.2 Å². The molecule has 0 spiro atoms. The molecule has 0 N–H and O–H groups in total. The Morgan fingerprint density at radius 1 is 1.13 bits per heavy atom. The van der Waals surface area contributed by atoms with E-state index in [0.717, 1.165) is 49.0 Å². The number of rotatable bonds is 3. The van der Waals surface area contributed by atoms with E-state index in [1.54, 1.807) is 53.5 Å². The lowest BCUT2D eigenvalue weighted by Crippen LogP contribution is -2.45. The summed E-state index contributed by atoms with van der Waals surface area (Å²) in [5, 5.41) is 4.69. The summed E-state index contributed by atoms with van der Waals surface area (Å²) in [5.41, 5.74) is 2.83. The van der Waals surface area contributed by atoms with Crippen molar-refractivity contribution in [3.05, 3.63) is 47.3 Å². The largest absolute Gasteiger partial charge is 0.354 e. The Bertz CT molecular complexity index is 1220. The highest BCUT2D eigenvalue weighted by atomic mass is 32.2. The minimum atomic E-state index is -3.75. The van der Waals surface area contributed by atoms with Gasteiger partial charge in [-0.05, 0) is 26.1 Å². The van der Waals surface area contributed by atoms with Crippen LogP contribution in [0.1, 0.15) is 21.5 Å². The molecule has 7 nitrogen and oxygen atoms in total. The number of nitrogens with zero attached hydrogens (tertiary/aromatic N) is 5. The van der Waals surface area contributed by atoms with E-state index < -0.39 is 9.84 Å². The lowest BCUT2D eigenvalue weighted by atomic mass is 10.2. The van der Waals surface area contributed by atoms with Crippen LogP contribution in [0.5, 0.6) is 0 Å². The van der Waals surface area contributed by atoms with Gasteiger partial charge in [-0.3, -0.25) is 0 Å². The van der Waals surface area contributed by atoms with Crippen LogP contribution in [0.2, 0.25) is 0 Å². The van der Waals surface area contributed by atoms with Gasteiger partial charge in [0.25, 0.3) is 0 Å². The smallest absolute Gasteiger partial charge is 0.212 e. The molecule has 0 amide bonds. The van der Waals surface area contributed by atoms with Crippen LogP contribution in [0.25, 0.3) is 5.65 Å². The monoisotopic (exact) mass is 461 g/mol. The molecule has 10 heteroatoms. The number of fused-ring (bicyclic) bond motifs is 2. The second kappa shape index (κ2) is 7.44. The van der Waals surface area contributed by atoms with Gasteiger partial charge in [0.2, 0.25) is 9.84 Å². The van der Waals surface area contributed by atoms with Crippen molar-refractivity contribution in [3.8, 4) is 0 Å². The summed E-state index contributed by atoms with van der Waals surface area (Å²) in [6, 6.07) is 8.50. The van der Waals surface area contributed by atoms with Gasteiger partial charge < -0.3 is 9.80 Å². The van der Waals surface area contributed by atoms with Gasteiger partial charge in [0, 0.05) is 37.5 Å². The molecule has 0 bridgehead atoms. The Kier molecular flexibility index (Phi) is 5.00. The quantitative estimate of drug-likeness (QED) is 0.602. The number of aromatic nitrogens is 3. The van der Waals surface area contributed by atoms with Crippen LogP contribution in [0.3, 0.4) is 0 Å². The zero-order valence-corrected chi connectivity index (χ0v) is 19.3. The maximum Gasteiger partial charge on any atom is 0.212 e. The molecule has 0 radical (unpaired) electrons. The molecule has 2 aliphatic heterocycles. The number of thioether (sulfide) groups is 1. The van der Waals surface area contributed by atoms with E-state index in [9.17, 15) is 8.42 Å². The number of anilines is 1. The second-order valence-corrected chi connectivity index (χ2v) is 11.6. The number of benzene rings is 1. The average molecular weight is 462 g/mol. The second-order valence-electron chi connectivity index (χ2n) is 7.72. The van der Waals surface area contributed by atoms with Crippen LogP contribution in [-0.2, 0) is 15.6 Å². The van der Waals surface area contributed by atoms with E-state index in [1.807, 2.05) is 0 Å². The van der Waals surface area contributed by atoms with Crippen molar-refractivity contribution in [1.82, 2.24) is 19.5 Å². The Morgan fingerprint density at radius 2 is 1.83 bits per heavy atom. The SMILES string of the molecule is Cc1nn2c(N3CCN(C)CC3)c3c(nc2c1S(=O)(=O)c1ccccc1)C(S)SC3. The van der Waals surface area contributed by atoms with Crippen LogP contribution in [0.4, 0.5) is 5.82 Å². The van der Waals surface area contributed by atoms with Gasteiger partial charge in [0.1, 0.15) is 10.7 Å². The van der Waals surface area contributed by atoms with E-state index in [0.29, 0.717) is 11.3 Å². The normalized spacial score (nSPS) is 20.1. The fraction of sp³-hybridized carbons (Fsp3) is 0.400. The Morgan fingerprint density at radius 3 is 2.53 bits per heavy atom. The van der Waals surface area contributed by atoms with E-state index in [-0.39, 0.29) is 14.4 Å². The molecule has 2 aliphatic rings. The van der Waals surface area contributed by atoms with Gasteiger partial charge in [-0.25, -0.2) is 13.4 Å². The molecule has 2 aromatic heterocycles. The molecule has 158 valence electrons. The molecule has 0 aliphatic carbocycles. The van der Waals surface area contributed by atoms with Crippen molar-refractivity contribution in [2.75, 3.05) is 38.1 Å². The molecular formula is C20H23N5O2S3. The predicted molar refractivity (Wildman–Crippen MR) is 122 cm³/mol. The van der Waals surface area contributed by atoms with E-state index in [2.05, 4.69) is 21.9 Å². The summed E-state index contributed by atoms with van der Waals surface area (Å²) < 4.78 is 28.7. The van der Waals surface area contributed by atoms with Gasteiger partial charge >= 0.3 is 0 Å². The highest BCUT2D eigenvalue weighted by Gasteiger charge is 2.34. The summed E-state index contributed by atoms with van der Waals surface area (Å²) in [4.78, 5) is 9.85. The Hall–Kier alpha value is -1.75. The van der Waals surface area contributed by atoms with Crippen molar-refractivity contribution in [3.63, 3.8) is 0 Å². The van der Waals surface area contributed by atoms with Crippen LogP contribution in [-0.4, -0.2) is 61.1 Å². The minimum Gasteiger partial charge on any atom is -0.354 e. The summed E-state index contributed by atoms with van der Waals surface area (Å²) >= 11 is 6.41. The first-order valence-electron chi connectivity index (χ1n) is 9.83. The first-order chi connectivity index (χ1) is 14.4. The number of hydrogen-bond acceptors (Lipinski definition) is 8. The number of hydrogen-bond donors (Lipinski definition) is 1. The molecule has 0 saturated carbocycles. The maximum atomic E-state index is 13.5. The number of likely N-dealkylation sites (N-methyl/N-ethyl adjacent to an activating group) is 1. The van der Waals surface area contributed by atoms with Gasteiger partial charge in [0.15, 0.2) is 5.65 Å². The van der Waals surface area contributed by atoms with E-state index in [1.165, 1.54) is 0 Å². The third-order valence-corrected chi connectivity index (χ3v) is 9.33. The van der Waals surface area contributed by atoms with Crippen molar-refractivity contribution in [2.45, 2.75) is 27.0 Å². The zero-order valence-electron chi connectivity index (χ0n) is 16.8. The van der Waals surface area contributed by atoms with Gasteiger partial charge in [-0.15, -0.1) is 11.8 Å². The fourth-order valence-electron chi connectivity index (χ4n) is 4.13. The third kappa shape index (κ3) is 3.12. The van der Waals surface area contributed by atoms with Crippen molar-refractivity contribution >= 4 is 45.7 Å². The van der Waals surface area contributed by atoms with Crippen molar-refractivity contribution in [1.29, 1.82) is 0 Å². The van der Waals surface area contributed by atoms with Crippen LogP contribution in [0.15, 0.2) is 40.1 Å². The van der Waals surface area contributed by atoms with E-state index in [4.69, 9.17) is 17.6 Å². The number of aryl methyl sites for hydroxylation is 1. The average Bonchev–Trinajstić information content (AvgIpc) is 3.27. The van der Waals surface area contributed by atoms with Crippen LogP contribution in [0, 0.1) is 6.92 Å². The summed E-state index contributed by atoms with van der Waals surface area (Å²) in [6.07, 6.45) is 0. The topological polar surface area (TPSA) is 70.8 Å². The van der Waals surface area contributed by atoms with Crippen LogP contribution >= 0.6 is 24.4 Å². The van der Waals surface area contributed by atoms with Crippen molar-refractivity contribution < 1.29 is 8.42 Å². The molecule has 5 rings (SSSR count). The Balaban J connectivity index is 1.77. The number of thiol groups is 1. The lowest BCUT2D eigenvalue weighted by molar-refractivity contribution is 0.311. The molecular weight excluding hydrogens is 438 g/mol.